The number of carbonyl (C=O) groups is 1. The molecule has 0 radical (unpaired) electrons. The molecule has 0 aliphatic carbocycles. The lowest BCUT2D eigenvalue weighted by molar-refractivity contribution is -0.140. The highest BCUT2D eigenvalue weighted by atomic mass is 32.2. The average molecular weight is 398 g/mol. The van der Waals surface area contributed by atoms with Gasteiger partial charge in [0, 0.05) is 32.8 Å². The van der Waals surface area contributed by atoms with E-state index in [1.807, 2.05) is 12.1 Å². The zero-order valence-electron chi connectivity index (χ0n) is 16.7. The first kappa shape index (κ1) is 23.0. The molecule has 0 saturated heterocycles. The lowest BCUT2D eigenvalue weighted by atomic mass is 10.1. The summed E-state index contributed by atoms with van der Waals surface area (Å²) in [6, 6.07) is 5.33. The molecule has 0 aliphatic heterocycles. The summed E-state index contributed by atoms with van der Waals surface area (Å²) in [5.41, 5.74) is 1.73. The van der Waals surface area contributed by atoms with Crippen LogP contribution in [0.1, 0.15) is 43.2 Å². The molecule has 0 unspecified atom stereocenters. The van der Waals surface area contributed by atoms with Gasteiger partial charge in [0.2, 0.25) is 0 Å². The van der Waals surface area contributed by atoms with Crippen molar-refractivity contribution in [2.24, 2.45) is 4.99 Å². The molecule has 152 valence electrons. The Morgan fingerprint density at radius 3 is 2.44 bits per heavy atom. The highest BCUT2D eigenvalue weighted by molar-refractivity contribution is 7.90. The number of benzene rings is 1. The number of unbranched alkanes of at least 4 members (excludes halogenated alkanes) is 3. The van der Waals surface area contributed by atoms with Gasteiger partial charge in [-0.05, 0) is 37.0 Å². The maximum atomic E-state index is 11.7. The molecule has 27 heavy (non-hydrogen) atoms. The SMILES string of the molecule is CN=C(NCCCCCCC(=O)OC)NCc1ccc(S(C)(=O)=O)c(C)c1. The molecule has 1 rings (SSSR count). The summed E-state index contributed by atoms with van der Waals surface area (Å²) in [5, 5.41) is 6.48. The van der Waals surface area contributed by atoms with E-state index in [1.54, 1.807) is 20.0 Å². The first-order valence-electron chi connectivity index (χ1n) is 9.09. The van der Waals surface area contributed by atoms with Gasteiger partial charge in [0.15, 0.2) is 15.8 Å². The van der Waals surface area contributed by atoms with Gasteiger partial charge in [0.1, 0.15) is 0 Å². The van der Waals surface area contributed by atoms with Crippen molar-refractivity contribution < 1.29 is 17.9 Å². The standard InChI is InChI=1S/C19H31N3O4S/c1-15-13-16(10-11-17(15)27(4,24)25)14-22-19(20-2)21-12-8-6-5-7-9-18(23)26-3/h10-11,13H,5-9,12,14H2,1-4H3,(H2,20,21,22). The predicted molar refractivity (Wildman–Crippen MR) is 108 cm³/mol. The Hall–Kier alpha value is -2.09. The fourth-order valence-corrected chi connectivity index (χ4v) is 3.66. The third kappa shape index (κ3) is 8.90. The average Bonchev–Trinajstić information content (AvgIpc) is 2.62. The van der Waals surface area contributed by atoms with Crippen molar-refractivity contribution in [3.05, 3.63) is 29.3 Å². The lowest BCUT2D eigenvalue weighted by Crippen LogP contribution is -2.37. The van der Waals surface area contributed by atoms with Crippen molar-refractivity contribution in [2.75, 3.05) is 27.0 Å². The Bertz CT molecular complexity index is 745. The largest absolute Gasteiger partial charge is 0.469 e. The van der Waals surface area contributed by atoms with E-state index in [0.29, 0.717) is 23.8 Å². The Kier molecular flexibility index (Phi) is 9.85. The first-order valence-corrected chi connectivity index (χ1v) is 11.0. The van der Waals surface area contributed by atoms with Crippen molar-refractivity contribution in [2.45, 2.75) is 50.5 Å². The Labute approximate surface area is 162 Å². The zero-order valence-corrected chi connectivity index (χ0v) is 17.5. The van der Waals surface area contributed by atoms with E-state index in [9.17, 15) is 13.2 Å². The number of esters is 1. The summed E-state index contributed by atoms with van der Waals surface area (Å²) in [4.78, 5) is 15.6. The molecule has 0 fully saturated rings. The van der Waals surface area contributed by atoms with Crippen LogP contribution >= 0.6 is 0 Å². The van der Waals surface area contributed by atoms with Gasteiger partial charge in [-0.2, -0.15) is 0 Å². The summed E-state index contributed by atoms with van der Waals surface area (Å²) in [7, 11) is -0.0755. The summed E-state index contributed by atoms with van der Waals surface area (Å²) in [6.07, 6.45) is 5.56. The molecule has 0 saturated carbocycles. The molecular formula is C19H31N3O4S. The van der Waals surface area contributed by atoms with Gasteiger partial charge in [-0.3, -0.25) is 9.79 Å². The Morgan fingerprint density at radius 1 is 1.15 bits per heavy atom. The van der Waals surface area contributed by atoms with Crippen LogP contribution in [0.2, 0.25) is 0 Å². The van der Waals surface area contributed by atoms with Gasteiger partial charge in [0.25, 0.3) is 0 Å². The second-order valence-corrected chi connectivity index (χ2v) is 8.45. The van der Waals surface area contributed by atoms with Crippen LogP contribution < -0.4 is 10.6 Å². The maximum Gasteiger partial charge on any atom is 0.305 e. The smallest absolute Gasteiger partial charge is 0.305 e. The molecular weight excluding hydrogens is 366 g/mol. The molecule has 0 spiro atoms. The molecule has 0 aromatic heterocycles. The molecule has 8 heteroatoms. The van der Waals surface area contributed by atoms with E-state index >= 15 is 0 Å². The van der Waals surface area contributed by atoms with E-state index in [0.717, 1.165) is 43.4 Å². The van der Waals surface area contributed by atoms with E-state index in [1.165, 1.54) is 13.4 Å². The summed E-state index contributed by atoms with van der Waals surface area (Å²) in [5.74, 6) is 0.548. The van der Waals surface area contributed by atoms with Crippen LogP contribution in [0.5, 0.6) is 0 Å². The van der Waals surface area contributed by atoms with Crippen molar-refractivity contribution in [1.82, 2.24) is 10.6 Å². The van der Waals surface area contributed by atoms with Gasteiger partial charge in [-0.25, -0.2) is 8.42 Å². The number of sulfone groups is 1. The number of hydrogen-bond donors (Lipinski definition) is 2. The fourth-order valence-electron chi connectivity index (χ4n) is 2.70. The van der Waals surface area contributed by atoms with Crippen molar-refractivity contribution in [3.63, 3.8) is 0 Å². The number of nitrogens with zero attached hydrogens (tertiary/aromatic N) is 1. The molecule has 0 aliphatic rings. The van der Waals surface area contributed by atoms with Crippen LogP contribution in [0.4, 0.5) is 0 Å². The molecule has 0 atom stereocenters. The number of nitrogens with one attached hydrogen (secondary N) is 2. The number of rotatable bonds is 10. The number of methoxy groups -OCH3 is 1. The normalized spacial score (nSPS) is 11.9. The highest BCUT2D eigenvalue weighted by Gasteiger charge is 2.10. The molecule has 1 aromatic carbocycles. The van der Waals surface area contributed by atoms with Crippen LogP contribution in [-0.2, 0) is 25.9 Å². The summed E-state index contributed by atoms with van der Waals surface area (Å²) < 4.78 is 28.0. The number of ether oxygens (including phenoxy) is 1. The van der Waals surface area contributed by atoms with E-state index in [4.69, 9.17) is 0 Å². The molecule has 0 amide bonds. The van der Waals surface area contributed by atoms with Crippen LogP contribution in [0.25, 0.3) is 0 Å². The summed E-state index contributed by atoms with van der Waals surface area (Å²) in [6.45, 7) is 3.15. The number of aryl methyl sites for hydroxylation is 1. The summed E-state index contributed by atoms with van der Waals surface area (Å²) >= 11 is 0. The minimum absolute atomic E-state index is 0.155. The van der Waals surface area contributed by atoms with Crippen molar-refractivity contribution >= 4 is 21.8 Å². The van der Waals surface area contributed by atoms with Crippen LogP contribution in [0, 0.1) is 6.92 Å². The molecule has 0 heterocycles. The second-order valence-electron chi connectivity index (χ2n) is 6.46. The van der Waals surface area contributed by atoms with E-state index in [2.05, 4.69) is 20.4 Å². The van der Waals surface area contributed by atoms with E-state index < -0.39 is 9.84 Å². The predicted octanol–water partition coefficient (Wildman–Crippen LogP) is 2.19. The molecule has 1 aromatic rings. The molecule has 2 N–H and O–H groups in total. The van der Waals surface area contributed by atoms with Crippen LogP contribution in [0.15, 0.2) is 28.1 Å². The number of carbonyl (C=O) groups excluding carboxylic acids is 1. The van der Waals surface area contributed by atoms with E-state index in [-0.39, 0.29) is 5.97 Å². The quantitative estimate of drug-likeness (QED) is 0.272. The molecule has 0 bridgehead atoms. The zero-order chi connectivity index (χ0) is 20.3. The molecule has 7 nitrogen and oxygen atoms in total. The first-order chi connectivity index (χ1) is 12.8. The van der Waals surface area contributed by atoms with Crippen LogP contribution in [-0.4, -0.2) is 47.3 Å². The Balaban J connectivity index is 2.32. The van der Waals surface area contributed by atoms with Gasteiger partial charge >= 0.3 is 5.97 Å². The topological polar surface area (TPSA) is 96.9 Å². The van der Waals surface area contributed by atoms with Crippen molar-refractivity contribution in [3.8, 4) is 0 Å². The second kappa shape index (κ2) is 11.6. The van der Waals surface area contributed by atoms with Crippen LogP contribution in [0.3, 0.4) is 0 Å². The number of guanidine groups is 1. The van der Waals surface area contributed by atoms with Gasteiger partial charge < -0.3 is 15.4 Å². The third-order valence-electron chi connectivity index (χ3n) is 4.15. The Morgan fingerprint density at radius 2 is 1.85 bits per heavy atom. The highest BCUT2D eigenvalue weighted by Crippen LogP contribution is 2.16. The minimum atomic E-state index is -3.20. The van der Waals surface area contributed by atoms with Gasteiger partial charge in [-0.1, -0.05) is 25.0 Å². The fraction of sp³-hybridized carbons (Fsp3) is 0.579. The third-order valence-corrected chi connectivity index (χ3v) is 5.41. The number of aliphatic imine (C=N–C) groups is 1. The number of hydrogen-bond acceptors (Lipinski definition) is 5. The van der Waals surface area contributed by atoms with Gasteiger partial charge in [0.05, 0.1) is 12.0 Å². The van der Waals surface area contributed by atoms with Crippen molar-refractivity contribution in [1.29, 1.82) is 0 Å². The van der Waals surface area contributed by atoms with Gasteiger partial charge in [-0.15, -0.1) is 0 Å². The lowest BCUT2D eigenvalue weighted by Gasteiger charge is -2.13. The minimum Gasteiger partial charge on any atom is -0.469 e. The monoisotopic (exact) mass is 397 g/mol. The maximum absolute atomic E-state index is 11.7.